The van der Waals surface area contributed by atoms with Crippen LogP contribution >= 0.6 is 11.3 Å². The van der Waals surface area contributed by atoms with Crippen molar-refractivity contribution in [1.82, 2.24) is 0 Å². The van der Waals surface area contributed by atoms with E-state index in [0.717, 1.165) is 48.8 Å². The summed E-state index contributed by atoms with van der Waals surface area (Å²) in [6.07, 6.45) is 6.26. The van der Waals surface area contributed by atoms with Gasteiger partial charge in [0.1, 0.15) is 16.5 Å². The maximum atomic E-state index is 13.6. The fraction of sp³-hybridized carbons (Fsp3) is 0.280. The van der Waals surface area contributed by atoms with Crippen molar-refractivity contribution in [2.24, 2.45) is 5.73 Å². The van der Waals surface area contributed by atoms with E-state index in [0.29, 0.717) is 22.1 Å². The number of amides is 2. The van der Waals surface area contributed by atoms with E-state index >= 15 is 0 Å². The van der Waals surface area contributed by atoms with E-state index in [9.17, 15) is 9.59 Å². The molecule has 2 heterocycles. The molecule has 0 saturated carbocycles. The van der Waals surface area contributed by atoms with Gasteiger partial charge in [-0.15, -0.1) is 11.3 Å². The molecule has 0 radical (unpaired) electrons. The highest BCUT2D eigenvalue weighted by atomic mass is 32.1. The normalized spacial score (nSPS) is 15.5. The lowest BCUT2D eigenvalue weighted by Gasteiger charge is -2.27. The Kier molecular flexibility index (Phi) is 5.24. The average Bonchev–Trinajstić information content (AvgIpc) is 3.07. The van der Waals surface area contributed by atoms with Crippen LogP contribution in [-0.4, -0.2) is 11.8 Å². The summed E-state index contributed by atoms with van der Waals surface area (Å²) in [5, 5.41) is 3.64. The van der Waals surface area contributed by atoms with E-state index in [-0.39, 0.29) is 5.91 Å². The van der Waals surface area contributed by atoms with E-state index in [2.05, 4.69) is 5.32 Å². The predicted molar refractivity (Wildman–Crippen MR) is 122 cm³/mol. The molecule has 0 saturated heterocycles. The van der Waals surface area contributed by atoms with Gasteiger partial charge >= 0.3 is 0 Å². The Morgan fingerprint density at radius 3 is 2.16 bits per heavy atom. The van der Waals surface area contributed by atoms with Gasteiger partial charge in [0, 0.05) is 16.0 Å². The number of hydrogen-bond acceptors (Lipinski definition) is 4. The summed E-state index contributed by atoms with van der Waals surface area (Å²) >= 11 is 1.50. The maximum absolute atomic E-state index is 13.6. The summed E-state index contributed by atoms with van der Waals surface area (Å²) in [5.74, 6) is 0.178. The summed E-state index contributed by atoms with van der Waals surface area (Å²) in [7, 11) is 0. The molecule has 5 nitrogen and oxygen atoms in total. The largest absolute Gasteiger partial charge is 0.457 e. The zero-order chi connectivity index (χ0) is 21.4. The van der Waals surface area contributed by atoms with Crippen LogP contribution in [0.3, 0.4) is 0 Å². The number of nitrogens with one attached hydrogen (secondary N) is 1. The van der Waals surface area contributed by atoms with Gasteiger partial charge in [0.2, 0.25) is 5.91 Å². The van der Waals surface area contributed by atoms with Crippen LogP contribution in [0.5, 0.6) is 11.5 Å². The Hall–Kier alpha value is -3.12. The van der Waals surface area contributed by atoms with Crippen molar-refractivity contribution >= 4 is 28.2 Å². The van der Waals surface area contributed by atoms with Gasteiger partial charge < -0.3 is 15.8 Å². The monoisotopic (exact) mass is 432 g/mol. The molecule has 31 heavy (non-hydrogen) atoms. The Balaban J connectivity index is 1.54. The van der Waals surface area contributed by atoms with E-state index in [1.807, 2.05) is 48.5 Å². The standard InChI is InChI=1S/C25H24N2O3S/c26-23(28)22-17-11-3-1-2-4-14-20(17)31-25(22)27-24(29)21-15-9-5-7-12-18(15)30-19-13-8-6-10-16(19)21/h5-10,12-13,21H,1-4,11,14H2,(H2,26,28)(H,27,29). The van der Waals surface area contributed by atoms with Crippen LogP contribution in [0, 0.1) is 0 Å². The van der Waals surface area contributed by atoms with Gasteiger partial charge in [-0.05, 0) is 43.4 Å². The number of nitrogens with two attached hydrogens (primary N) is 1. The number of ether oxygens (including phenoxy) is 1. The number of rotatable bonds is 3. The predicted octanol–water partition coefficient (Wildman–Crippen LogP) is 5.38. The summed E-state index contributed by atoms with van der Waals surface area (Å²) in [6, 6.07) is 15.2. The van der Waals surface area contributed by atoms with E-state index in [4.69, 9.17) is 10.5 Å². The van der Waals surface area contributed by atoms with E-state index < -0.39 is 11.8 Å². The van der Waals surface area contributed by atoms with Crippen molar-refractivity contribution in [1.29, 1.82) is 0 Å². The molecule has 1 aliphatic heterocycles. The van der Waals surface area contributed by atoms with E-state index in [1.165, 1.54) is 22.6 Å². The summed E-state index contributed by atoms with van der Waals surface area (Å²) in [6.45, 7) is 0. The van der Waals surface area contributed by atoms with Crippen LogP contribution in [0.2, 0.25) is 0 Å². The van der Waals surface area contributed by atoms with Crippen LogP contribution in [0.1, 0.15) is 63.5 Å². The van der Waals surface area contributed by atoms with Gasteiger partial charge in [0.05, 0.1) is 11.5 Å². The number of fused-ring (bicyclic) bond motifs is 3. The highest BCUT2D eigenvalue weighted by Crippen LogP contribution is 2.45. The quantitative estimate of drug-likeness (QED) is 0.583. The van der Waals surface area contributed by atoms with Crippen molar-refractivity contribution in [3.63, 3.8) is 0 Å². The van der Waals surface area contributed by atoms with Gasteiger partial charge in [-0.25, -0.2) is 0 Å². The van der Waals surface area contributed by atoms with Crippen LogP contribution in [-0.2, 0) is 17.6 Å². The Morgan fingerprint density at radius 2 is 1.52 bits per heavy atom. The van der Waals surface area contributed by atoms with Gasteiger partial charge in [0.15, 0.2) is 0 Å². The van der Waals surface area contributed by atoms with Crippen LogP contribution < -0.4 is 15.8 Å². The molecule has 2 aromatic carbocycles. The van der Waals surface area contributed by atoms with Crippen molar-refractivity contribution in [3.8, 4) is 11.5 Å². The number of thiophene rings is 1. The minimum absolute atomic E-state index is 0.181. The van der Waals surface area contributed by atoms with Gasteiger partial charge in [-0.3, -0.25) is 9.59 Å². The highest BCUT2D eigenvalue weighted by Gasteiger charge is 2.34. The van der Waals surface area contributed by atoms with Gasteiger partial charge in [-0.2, -0.15) is 0 Å². The molecule has 2 aliphatic rings. The molecule has 158 valence electrons. The molecule has 0 spiro atoms. The second-order valence-corrected chi connectivity index (χ2v) is 9.19. The molecule has 0 atom stereocenters. The Labute approximate surface area is 185 Å². The third-order valence-electron chi connectivity index (χ3n) is 6.10. The first-order valence-corrected chi connectivity index (χ1v) is 11.6. The number of benzene rings is 2. The number of carbonyl (C=O) groups is 2. The Morgan fingerprint density at radius 1 is 0.903 bits per heavy atom. The molecule has 6 heteroatoms. The zero-order valence-corrected chi connectivity index (χ0v) is 18.0. The lowest BCUT2D eigenvalue weighted by atomic mass is 9.87. The van der Waals surface area contributed by atoms with Crippen LogP contribution in [0.25, 0.3) is 0 Å². The number of para-hydroxylation sites is 2. The minimum atomic E-state index is -0.522. The molecule has 1 aliphatic carbocycles. The van der Waals surface area contributed by atoms with Crippen molar-refractivity contribution in [2.75, 3.05) is 5.32 Å². The maximum Gasteiger partial charge on any atom is 0.251 e. The van der Waals surface area contributed by atoms with E-state index in [1.54, 1.807) is 0 Å². The third kappa shape index (κ3) is 3.61. The molecule has 5 rings (SSSR count). The SMILES string of the molecule is NC(=O)c1c(NC(=O)C2c3ccccc3Oc3ccccc32)sc2c1CCCCCC2. The molecular formula is C25H24N2O3S. The number of hydrogen-bond donors (Lipinski definition) is 2. The van der Waals surface area contributed by atoms with Crippen LogP contribution in [0.15, 0.2) is 48.5 Å². The minimum Gasteiger partial charge on any atom is -0.457 e. The lowest BCUT2D eigenvalue weighted by Crippen LogP contribution is -2.26. The fourth-order valence-electron chi connectivity index (χ4n) is 4.64. The van der Waals surface area contributed by atoms with Crippen LogP contribution in [0.4, 0.5) is 5.00 Å². The molecular weight excluding hydrogens is 408 g/mol. The van der Waals surface area contributed by atoms with Gasteiger partial charge in [-0.1, -0.05) is 49.2 Å². The zero-order valence-electron chi connectivity index (χ0n) is 17.1. The molecule has 3 N–H and O–H groups in total. The smallest absolute Gasteiger partial charge is 0.251 e. The lowest BCUT2D eigenvalue weighted by molar-refractivity contribution is -0.116. The Bertz CT molecular complexity index is 1120. The number of carbonyl (C=O) groups excluding carboxylic acids is 2. The number of anilines is 1. The molecule has 0 bridgehead atoms. The van der Waals surface area contributed by atoms with Gasteiger partial charge in [0.25, 0.3) is 5.91 Å². The molecule has 2 amide bonds. The first-order chi connectivity index (χ1) is 15.1. The summed E-state index contributed by atoms with van der Waals surface area (Å²) < 4.78 is 6.01. The first-order valence-electron chi connectivity index (χ1n) is 10.7. The second-order valence-electron chi connectivity index (χ2n) is 8.09. The molecule has 1 aromatic heterocycles. The summed E-state index contributed by atoms with van der Waals surface area (Å²) in [4.78, 5) is 27.1. The molecule has 0 unspecified atom stereocenters. The number of aryl methyl sites for hydroxylation is 1. The number of primary amides is 1. The highest BCUT2D eigenvalue weighted by molar-refractivity contribution is 7.17. The molecule has 3 aromatic rings. The molecule has 0 fully saturated rings. The third-order valence-corrected chi connectivity index (χ3v) is 7.30. The van der Waals surface area contributed by atoms with Crippen molar-refractivity contribution in [2.45, 2.75) is 44.4 Å². The average molecular weight is 433 g/mol. The summed E-state index contributed by atoms with van der Waals surface area (Å²) in [5.41, 5.74) is 8.92. The second kappa shape index (κ2) is 8.19. The van der Waals surface area contributed by atoms with Crippen molar-refractivity contribution in [3.05, 3.63) is 75.7 Å². The fourth-order valence-corrected chi connectivity index (χ4v) is 5.94. The topological polar surface area (TPSA) is 81.4 Å². The first kappa shape index (κ1) is 19.8. The van der Waals surface area contributed by atoms with Crippen molar-refractivity contribution < 1.29 is 14.3 Å².